The Morgan fingerprint density at radius 2 is 1.95 bits per heavy atom. The van der Waals surface area contributed by atoms with Gasteiger partial charge < -0.3 is 4.74 Å². The molecular weight excluding hydrogens is 266 g/mol. The second-order valence-corrected chi connectivity index (χ2v) is 5.01. The van der Waals surface area contributed by atoms with Gasteiger partial charge in [-0.15, -0.1) is 0 Å². The first-order valence-electron chi connectivity index (χ1n) is 6.74. The highest BCUT2D eigenvalue weighted by Crippen LogP contribution is 2.17. The molecule has 0 aliphatic heterocycles. The first-order chi connectivity index (χ1) is 9.99. The van der Waals surface area contributed by atoms with E-state index in [0.717, 1.165) is 10.8 Å². The van der Waals surface area contributed by atoms with E-state index in [4.69, 9.17) is 4.74 Å². The van der Waals surface area contributed by atoms with Gasteiger partial charge in [0.25, 0.3) is 0 Å². The van der Waals surface area contributed by atoms with E-state index in [2.05, 4.69) is 11.6 Å². The molecule has 0 radical (unpaired) electrons. The molecule has 4 nitrogen and oxygen atoms in total. The smallest absolute Gasteiger partial charge is 0.341 e. The van der Waals surface area contributed by atoms with Gasteiger partial charge in [-0.2, -0.15) is 0 Å². The molecule has 1 aromatic heterocycles. The van der Waals surface area contributed by atoms with Gasteiger partial charge in [0.1, 0.15) is 0 Å². The lowest BCUT2D eigenvalue weighted by Crippen LogP contribution is -2.20. The number of rotatable bonds is 5. The Bertz CT molecular complexity index is 699. The molecule has 2 aromatic rings. The van der Waals surface area contributed by atoms with Crippen molar-refractivity contribution >= 4 is 22.5 Å². The second kappa shape index (κ2) is 6.31. The van der Waals surface area contributed by atoms with Crippen LogP contribution in [0.4, 0.5) is 0 Å². The van der Waals surface area contributed by atoms with Crippen LogP contribution in [-0.4, -0.2) is 22.8 Å². The average Bonchev–Trinajstić information content (AvgIpc) is 2.46. The third-order valence-electron chi connectivity index (χ3n) is 3.01. The lowest BCUT2D eigenvalue weighted by Gasteiger charge is -2.09. The van der Waals surface area contributed by atoms with Crippen molar-refractivity contribution in [2.24, 2.45) is 0 Å². The monoisotopic (exact) mass is 283 g/mol. The molecule has 0 atom stereocenters. The standard InChI is InChI=1S/C17H17NO3/c1-11(2)21-17(20)12(3)16(19)10-15-14-7-5-4-6-13(14)8-9-18-15/h4-9,11H,3,10H2,1-2H3. The molecule has 0 aliphatic carbocycles. The fourth-order valence-corrected chi connectivity index (χ4v) is 1.98. The Kier molecular flexibility index (Phi) is 4.48. The third kappa shape index (κ3) is 3.54. The zero-order valence-electron chi connectivity index (χ0n) is 12.1. The number of hydrogen-bond acceptors (Lipinski definition) is 4. The highest BCUT2D eigenvalue weighted by molar-refractivity contribution is 6.17. The van der Waals surface area contributed by atoms with Crippen LogP contribution in [0.15, 0.2) is 48.7 Å². The Labute approximate surface area is 123 Å². The summed E-state index contributed by atoms with van der Waals surface area (Å²) in [5.41, 5.74) is 0.495. The molecule has 21 heavy (non-hydrogen) atoms. The summed E-state index contributed by atoms with van der Waals surface area (Å²) in [6.45, 7) is 6.98. The van der Waals surface area contributed by atoms with Crippen LogP contribution in [0.3, 0.4) is 0 Å². The van der Waals surface area contributed by atoms with E-state index >= 15 is 0 Å². The Hall–Kier alpha value is -2.49. The number of carbonyl (C=O) groups is 2. The van der Waals surface area contributed by atoms with Crippen molar-refractivity contribution < 1.29 is 14.3 Å². The summed E-state index contributed by atoms with van der Waals surface area (Å²) in [5.74, 6) is -1.04. The van der Waals surface area contributed by atoms with Crippen molar-refractivity contribution in [2.75, 3.05) is 0 Å². The minimum Gasteiger partial charge on any atom is -0.459 e. The number of pyridine rings is 1. The number of aromatic nitrogens is 1. The van der Waals surface area contributed by atoms with Crippen LogP contribution >= 0.6 is 0 Å². The summed E-state index contributed by atoms with van der Waals surface area (Å²) in [6, 6.07) is 9.55. The Balaban J connectivity index is 2.18. The molecule has 0 amide bonds. The summed E-state index contributed by atoms with van der Waals surface area (Å²) in [6.07, 6.45) is 1.41. The second-order valence-electron chi connectivity index (χ2n) is 5.01. The molecule has 0 aliphatic rings. The van der Waals surface area contributed by atoms with Crippen molar-refractivity contribution in [3.63, 3.8) is 0 Å². The molecular formula is C17H17NO3. The highest BCUT2D eigenvalue weighted by Gasteiger charge is 2.19. The molecule has 0 unspecified atom stereocenters. The maximum absolute atomic E-state index is 12.1. The molecule has 0 spiro atoms. The van der Waals surface area contributed by atoms with E-state index in [1.807, 2.05) is 30.3 Å². The molecule has 0 bridgehead atoms. The SMILES string of the molecule is C=C(C(=O)Cc1nccc2ccccc12)C(=O)OC(C)C. The van der Waals surface area contributed by atoms with E-state index < -0.39 is 5.97 Å². The average molecular weight is 283 g/mol. The van der Waals surface area contributed by atoms with E-state index in [1.165, 1.54) is 0 Å². The molecule has 1 aromatic carbocycles. The van der Waals surface area contributed by atoms with Crippen LogP contribution in [-0.2, 0) is 20.7 Å². The van der Waals surface area contributed by atoms with Gasteiger partial charge in [-0.1, -0.05) is 30.8 Å². The molecule has 0 saturated heterocycles. The van der Waals surface area contributed by atoms with Crippen LogP contribution in [0.5, 0.6) is 0 Å². The van der Waals surface area contributed by atoms with Crippen LogP contribution < -0.4 is 0 Å². The Morgan fingerprint density at radius 1 is 1.24 bits per heavy atom. The molecule has 0 fully saturated rings. The fourth-order valence-electron chi connectivity index (χ4n) is 1.98. The minimum atomic E-state index is -0.671. The van der Waals surface area contributed by atoms with Gasteiger partial charge in [-0.3, -0.25) is 9.78 Å². The molecule has 1 heterocycles. The van der Waals surface area contributed by atoms with Crippen molar-refractivity contribution in [2.45, 2.75) is 26.4 Å². The zero-order valence-corrected chi connectivity index (χ0v) is 12.1. The van der Waals surface area contributed by atoms with Crippen molar-refractivity contribution in [3.05, 3.63) is 54.4 Å². The molecule has 108 valence electrons. The number of esters is 1. The molecule has 4 heteroatoms. The summed E-state index contributed by atoms with van der Waals surface area (Å²) in [5, 5.41) is 1.91. The number of hydrogen-bond donors (Lipinski definition) is 0. The fraction of sp³-hybridized carbons (Fsp3) is 0.235. The molecule has 0 saturated carbocycles. The van der Waals surface area contributed by atoms with E-state index in [1.54, 1.807) is 20.0 Å². The number of nitrogens with zero attached hydrogens (tertiary/aromatic N) is 1. The topological polar surface area (TPSA) is 56.3 Å². The van der Waals surface area contributed by atoms with Crippen molar-refractivity contribution in [1.29, 1.82) is 0 Å². The van der Waals surface area contributed by atoms with Gasteiger partial charge in [0.15, 0.2) is 5.78 Å². The largest absolute Gasteiger partial charge is 0.459 e. The van der Waals surface area contributed by atoms with Crippen LogP contribution in [0.1, 0.15) is 19.5 Å². The summed E-state index contributed by atoms with van der Waals surface area (Å²) >= 11 is 0. The van der Waals surface area contributed by atoms with E-state index in [-0.39, 0.29) is 23.9 Å². The van der Waals surface area contributed by atoms with Gasteiger partial charge in [-0.05, 0) is 25.3 Å². The van der Waals surface area contributed by atoms with E-state index in [9.17, 15) is 9.59 Å². The van der Waals surface area contributed by atoms with Crippen LogP contribution in [0, 0.1) is 0 Å². The quantitative estimate of drug-likeness (QED) is 0.366. The first-order valence-corrected chi connectivity index (χ1v) is 6.74. The lowest BCUT2D eigenvalue weighted by atomic mass is 10.0. The van der Waals surface area contributed by atoms with Gasteiger partial charge in [0, 0.05) is 11.6 Å². The van der Waals surface area contributed by atoms with E-state index in [0.29, 0.717) is 5.69 Å². The van der Waals surface area contributed by atoms with Crippen molar-refractivity contribution in [3.8, 4) is 0 Å². The molecule has 0 N–H and O–H groups in total. The number of ketones is 1. The predicted octanol–water partition coefficient (Wildman–Crippen LogP) is 2.85. The normalized spacial score (nSPS) is 10.6. The number of fused-ring (bicyclic) bond motifs is 1. The maximum atomic E-state index is 12.1. The number of ether oxygens (including phenoxy) is 1. The Morgan fingerprint density at radius 3 is 2.67 bits per heavy atom. The first kappa shape index (κ1) is 14.9. The van der Waals surface area contributed by atoms with Gasteiger partial charge in [0.05, 0.1) is 23.8 Å². The summed E-state index contributed by atoms with van der Waals surface area (Å²) in [7, 11) is 0. The lowest BCUT2D eigenvalue weighted by molar-refractivity contribution is -0.143. The maximum Gasteiger partial charge on any atom is 0.341 e. The summed E-state index contributed by atoms with van der Waals surface area (Å²) < 4.78 is 4.98. The number of Topliss-reactive ketones (excluding diaryl/α,β-unsaturated/α-hetero) is 1. The predicted molar refractivity (Wildman–Crippen MR) is 80.8 cm³/mol. The van der Waals surface area contributed by atoms with Crippen LogP contribution in [0.25, 0.3) is 10.8 Å². The van der Waals surface area contributed by atoms with Gasteiger partial charge >= 0.3 is 5.97 Å². The van der Waals surface area contributed by atoms with Gasteiger partial charge in [0.2, 0.25) is 0 Å². The van der Waals surface area contributed by atoms with Crippen LogP contribution in [0.2, 0.25) is 0 Å². The number of carbonyl (C=O) groups excluding carboxylic acids is 2. The highest BCUT2D eigenvalue weighted by atomic mass is 16.5. The number of benzene rings is 1. The molecule has 2 rings (SSSR count). The summed E-state index contributed by atoms with van der Waals surface area (Å²) in [4.78, 5) is 28.1. The minimum absolute atomic E-state index is 0.0351. The third-order valence-corrected chi connectivity index (χ3v) is 3.01. The zero-order chi connectivity index (χ0) is 15.4. The van der Waals surface area contributed by atoms with Gasteiger partial charge in [-0.25, -0.2) is 4.79 Å². The van der Waals surface area contributed by atoms with Crippen molar-refractivity contribution in [1.82, 2.24) is 4.98 Å².